The highest BCUT2D eigenvalue weighted by Gasteiger charge is 2.40. The summed E-state index contributed by atoms with van der Waals surface area (Å²) in [6, 6.07) is 4.39. The van der Waals surface area contributed by atoms with Crippen LogP contribution in [0.15, 0.2) is 33.3 Å². The number of amides is 2. The zero-order valence-electron chi connectivity index (χ0n) is 16.9. The molecule has 1 aromatic rings. The van der Waals surface area contributed by atoms with Crippen LogP contribution in [-0.2, 0) is 19.6 Å². The smallest absolute Gasteiger partial charge is 0.262 e. The lowest BCUT2D eigenvalue weighted by molar-refractivity contribution is -0.132. The second kappa shape index (κ2) is 8.28. The van der Waals surface area contributed by atoms with Crippen LogP contribution in [0.3, 0.4) is 0 Å². The Morgan fingerprint density at radius 2 is 1.97 bits per heavy atom. The van der Waals surface area contributed by atoms with Gasteiger partial charge in [-0.25, -0.2) is 8.42 Å². The first-order valence-electron chi connectivity index (χ1n) is 10.1. The van der Waals surface area contributed by atoms with Crippen molar-refractivity contribution in [2.75, 3.05) is 38.1 Å². The number of nitrogens with one attached hydrogen (secondary N) is 1. The van der Waals surface area contributed by atoms with E-state index in [1.807, 2.05) is 0 Å². The first-order chi connectivity index (χ1) is 14.8. The maximum Gasteiger partial charge on any atom is 0.262 e. The van der Waals surface area contributed by atoms with Gasteiger partial charge in [-0.2, -0.15) is 14.5 Å². The van der Waals surface area contributed by atoms with Crippen molar-refractivity contribution < 1.29 is 22.7 Å². The summed E-state index contributed by atoms with van der Waals surface area (Å²) < 4.78 is 32.7. The second-order valence-corrected chi connectivity index (χ2v) is 9.60. The van der Waals surface area contributed by atoms with E-state index in [9.17, 15) is 18.0 Å². The number of nitrogens with zero attached hydrogens (tertiary/aromatic N) is 4. The fraction of sp³-hybridized carbons (Fsp3) is 0.500. The molecule has 0 spiro atoms. The Labute approximate surface area is 180 Å². The first-order valence-corrected chi connectivity index (χ1v) is 11.5. The summed E-state index contributed by atoms with van der Waals surface area (Å²) in [5, 5.41) is 10.7. The molecule has 0 saturated carbocycles. The standard InChI is InChI=1S/C20H23N5O5S/c1-2-3-7-20(22-23-20)8-6-19(27)24-9-11-25(12-10-24)31(28,29)15-4-5-17-16(13-15)21-18(26)14-30-17/h1,4-5,13H,3,6-12,14H2,(H,21,26). The predicted octanol–water partition coefficient (Wildman–Crippen LogP) is 1.21. The second-order valence-electron chi connectivity index (χ2n) is 7.67. The Morgan fingerprint density at radius 3 is 2.65 bits per heavy atom. The van der Waals surface area contributed by atoms with Crippen LogP contribution in [0.4, 0.5) is 5.69 Å². The number of ether oxygens (including phenoxy) is 1. The van der Waals surface area contributed by atoms with E-state index in [0.717, 1.165) is 0 Å². The van der Waals surface area contributed by atoms with E-state index in [-0.39, 0.29) is 36.4 Å². The Bertz CT molecular complexity index is 1060. The number of rotatable bonds is 7. The molecule has 0 bridgehead atoms. The summed E-state index contributed by atoms with van der Waals surface area (Å²) in [5.74, 6) is 2.62. The Kier molecular flexibility index (Phi) is 5.68. The minimum atomic E-state index is -3.76. The van der Waals surface area contributed by atoms with Gasteiger partial charge in [0.15, 0.2) is 12.3 Å². The topological polar surface area (TPSA) is 121 Å². The molecule has 3 aliphatic rings. The van der Waals surface area contributed by atoms with Gasteiger partial charge in [-0.15, -0.1) is 12.3 Å². The quantitative estimate of drug-likeness (QED) is 0.633. The van der Waals surface area contributed by atoms with E-state index in [1.165, 1.54) is 22.5 Å². The number of fused-ring (bicyclic) bond motifs is 1. The average Bonchev–Trinajstić information content (AvgIpc) is 3.55. The molecule has 4 rings (SSSR count). The van der Waals surface area contributed by atoms with E-state index in [0.29, 0.717) is 50.2 Å². The Balaban J connectivity index is 1.33. The van der Waals surface area contributed by atoms with Crippen LogP contribution in [0.5, 0.6) is 5.75 Å². The highest BCUT2D eigenvalue weighted by molar-refractivity contribution is 7.89. The van der Waals surface area contributed by atoms with Crippen LogP contribution in [0.2, 0.25) is 0 Å². The molecule has 164 valence electrons. The minimum Gasteiger partial charge on any atom is -0.482 e. The van der Waals surface area contributed by atoms with Crippen LogP contribution < -0.4 is 10.1 Å². The molecule has 0 atom stereocenters. The maximum atomic E-state index is 13.0. The zero-order valence-corrected chi connectivity index (χ0v) is 17.7. The summed E-state index contributed by atoms with van der Waals surface area (Å²) in [5.41, 5.74) is -0.167. The van der Waals surface area contributed by atoms with Crippen molar-refractivity contribution in [1.29, 1.82) is 0 Å². The fourth-order valence-corrected chi connectivity index (χ4v) is 5.13. The van der Waals surface area contributed by atoms with Gasteiger partial charge in [-0.05, 0) is 18.2 Å². The van der Waals surface area contributed by atoms with Crippen molar-refractivity contribution in [3.63, 3.8) is 0 Å². The van der Waals surface area contributed by atoms with Crippen molar-refractivity contribution in [2.45, 2.75) is 36.2 Å². The zero-order chi connectivity index (χ0) is 22.1. The van der Waals surface area contributed by atoms with Gasteiger partial charge in [-0.1, -0.05) is 0 Å². The number of benzene rings is 1. The van der Waals surface area contributed by atoms with E-state index >= 15 is 0 Å². The van der Waals surface area contributed by atoms with Gasteiger partial charge in [0.1, 0.15) is 5.75 Å². The van der Waals surface area contributed by atoms with E-state index in [4.69, 9.17) is 11.2 Å². The van der Waals surface area contributed by atoms with Gasteiger partial charge in [0.2, 0.25) is 15.9 Å². The molecule has 3 aliphatic heterocycles. The predicted molar refractivity (Wildman–Crippen MR) is 111 cm³/mol. The normalized spacial score (nSPS) is 19.7. The van der Waals surface area contributed by atoms with Crippen molar-refractivity contribution in [3.05, 3.63) is 18.2 Å². The SMILES string of the molecule is C#CCCC1(CCC(=O)N2CCN(S(=O)(=O)c3ccc4c(c3)NC(=O)CO4)CC2)N=N1. The van der Waals surface area contributed by atoms with Gasteiger partial charge in [0.05, 0.1) is 10.6 Å². The molecule has 0 aliphatic carbocycles. The molecule has 3 heterocycles. The van der Waals surface area contributed by atoms with E-state index in [1.54, 1.807) is 4.90 Å². The fourth-order valence-electron chi connectivity index (χ4n) is 3.68. The number of carbonyl (C=O) groups excluding carboxylic acids is 2. The largest absolute Gasteiger partial charge is 0.482 e. The summed E-state index contributed by atoms with van der Waals surface area (Å²) in [4.78, 5) is 25.8. The minimum absolute atomic E-state index is 0.0388. The first kappa shape index (κ1) is 21.3. The van der Waals surface area contributed by atoms with Crippen LogP contribution in [0.1, 0.15) is 25.7 Å². The molecule has 1 saturated heterocycles. The van der Waals surface area contributed by atoms with E-state index in [2.05, 4.69) is 21.5 Å². The number of hydrogen-bond donors (Lipinski definition) is 1. The summed E-state index contributed by atoms with van der Waals surface area (Å²) in [6.45, 7) is 0.932. The van der Waals surface area contributed by atoms with Crippen LogP contribution >= 0.6 is 0 Å². The molecular weight excluding hydrogens is 422 g/mol. The summed E-state index contributed by atoms with van der Waals surface area (Å²) in [7, 11) is -3.76. The van der Waals surface area contributed by atoms with Crippen molar-refractivity contribution in [1.82, 2.24) is 9.21 Å². The van der Waals surface area contributed by atoms with Crippen molar-refractivity contribution >= 4 is 27.5 Å². The lowest BCUT2D eigenvalue weighted by atomic mass is 10.0. The van der Waals surface area contributed by atoms with Gasteiger partial charge >= 0.3 is 0 Å². The third-order valence-corrected chi connectivity index (χ3v) is 7.50. The monoisotopic (exact) mass is 445 g/mol. The van der Waals surface area contributed by atoms with Crippen molar-refractivity contribution in [2.24, 2.45) is 10.2 Å². The molecule has 31 heavy (non-hydrogen) atoms. The highest BCUT2D eigenvalue weighted by Crippen LogP contribution is 2.38. The Hall–Kier alpha value is -2.97. The number of carbonyl (C=O) groups is 2. The number of piperazine rings is 1. The number of sulfonamides is 1. The third-order valence-electron chi connectivity index (χ3n) is 5.60. The molecule has 1 fully saturated rings. The van der Waals surface area contributed by atoms with Crippen molar-refractivity contribution in [3.8, 4) is 18.1 Å². The number of anilines is 1. The number of hydrogen-bond acceptors (Lipinski definition) is 7. The Morgan fingerprint density at radius 1 is 1.23 bits per heavy atom. The summed E-state index contributed by atoms with van der Waals surface area (Å²) >= 11 is 0. The molecule has 11 heteroatoms. The summed E-state index contributed by atoms with van der Waals surface area (Å²) in [6.07, 6.45) is 7.32. The lowest BCUT2D eigenvalue weighted by Gasteiger charge is -2.34. The van der Waals surface area contributed by atoms with E-state index < -0.39 is 15.7 Å². The molecule has 0 radical (unpaired) electrons. The van der Waals surface area contributed by atoms with Gasteiger partial charge in [0.25, 0.3) is 5.91 Å². The lowest BCUT2D eigenvalue weighted by Crippen LogP contribution is -2.50. The van der Waals surface area contributed by atoms with Gasteiger partial charge in [-0.3, -0.25) is 9.59 Å². The number of terminal acetylenes is 1. The molecule has 1 aromatic carbocycles. The van der Waals surface area contributed by atoms with Crippen LogP contribution in [0, 0.1) is 12.3 Å². The molecule has 1 N–H and O–H groups in total. The van der Waals surface area contributed by atoms with Crippen LogP contribution in [-0.4, -0.2) is 67.9 Å². The molecule has 2 amide bonds. The molecule has 10 nitrogen and oxygen atoms in total. The molecule has 0 unspecified atom stereocenters. The third kappa shape index (κ3) is 4.55. The molecular formula is C20H23N5O5S. The highest BCUT2D eigenvalue weighted by atomic mass is 32.2. The average molecular weight is 446 g/mol. The molecule has 0 aromatic heterocycles. The van der Waals surface area contributed by atoms with Gasteiger partial charge < -0.3 is 15.0 Å². The van der Waals surface area contributed by atoms with Crippen LogP contribution in [0.25, 0.3) is 0 Å². The van der Waals surface area contributed by atoms with Gasteiger partial charge in [0, 0.05) is 51.9 Å². The maximum absolute atomic E-state index is 13.0.